The topological polar surface area (TPSA) is 117 Å². The second kappa shape index (κ2) is 8.21. The minimum absolute atomic E-state index is 0.0489. The van der Waals surface area contributed by atoms with Crippen LogP contribution in [0.1, 0.15) is 16.7 Å². The van der Waals surface area contributed by atoms with Crippen LogP contribution in [-0.4, -0.2) is 40.6 Å². The maximum Gasteiger partial charge on any atom is 0.250 e. The van der Waals surface area contributed by atoms with Gasteiger partial charge in [-0.1, -0.05) is 41.9 Å². The number of phenols is 1. The van der Waals surface area contributed by atoms with Gasteiger partial charge >= 0.3 is 0 Å². The monoisotopic (exact) mass is 531 g/mol. The summed E-state index contributed by atoms with van der Waals surface area (Å²) in [6.45, 7) is 0.169. The van der Waals surface area contributed by atoms with Crippen molar-refractivity contribution in [2.75, 3.05) is 12.1 Å². The number of carbonyl (C=O) groups excluding carboxylic acids is 3. The molecular weight excluding hydrogens is 510 g/mol. The van der Waals surface area contributed by atoms with Crippen molar-refractivity contribution in [3.05, 3.63) is 82.4 Å². The Kier molecular flexibility index (Phi) is 4.98. The molecule has 3 amide bonds. The summed E-state index contributed by atoms with van der Waals surface area (Å²) >= 11 is 6.42. The Morgan fingerprint density at radius 1 is 0.974 bits per heavy atom. The molecule has 2 saturated heterocycles. The maximum atomic E-state index is 14.0. The summed E-state index contributed by atoms with van der Waals surface area (Å²) in [7, 11) is 0. The Morgan fingerprint density at radius 2 is 1.74 bits per heavy atom. The molecule has 10 heteroatoms. The van der Waals surface area contributed by atoms with Crippen LogP contribution in [0.15, 0.2) is 60.7 Å². The lowest BCUT2D eigenvalue weighted by atomic mass is 9.76. The van der Waals surface area contributed by atoms with Crippen molar-refractivity contribution in [2.24, 2.45) is 11.8 Å². The molecule has 9 nitrogen and oxygen atoms in total. The first-order valence-electron chi connectivity index (χ1n) is 12.3. The lowest BCUT2D eigenvalue weighted by Gasteiger charge is -2.29. The van der Waals surface area contributed by atoms with Crippen LogP contribution in [0.3, 0.4) is 0 Å². The van der Waals surface area contributed by atoms with Crippen LogP contribution in [0.2, 0.25) is 5.02 Å². The molecule has 38 heavy (non-hydrogen) atoms. The molecule has 4 heterocycles. The average molecular weight is 532 g/mol. The van der Waals surface area contributed by atoms with E-state index in [2.05, 4.69) is 10.6 Å². The van der Waals surface area contributed by atoms with Crippen molar-refractivity contribution in [3.63, 3.8) is 0 Å². The number of aromatic hydroxyl groups is 1. The van der Waals surface area contributed by atoms with Gasteiger partial charge in [0.25, 0.3) is 0 Å². The molecule has 2 fully saturated rings. The van der Waals surface area contributed by atoms with E-state index in [4.69, 9.17) is 21.1 Å². The first-order chi connectivity index (χ1) is 18.4. The summed E-state index contributed by atoms with van der Waals surface area (Å²) < 4.78 is 10.8. The van der Waals surface area contributed by atoms with Crippen molar-refractivity contribution >= 4 is 35.0 Å². The molecule has 192 valence electrons. The molecule has 0 saturated carbocycles. The number of anilines is 1. The van der Waals surface area contributed by atoms with E-state index in [-0.39, 0.29) is 25.0 Å². The standard InChI is InChI=1S/C28H22ClN3O6/c29-18-3-1-2-17-24(18)30-27(36)28(17)23-22(19(31-28)10-14-4-7-16(33)8-5-14)25(34)32(26(23)35)12-15-6-9-20-21(11-15)38-13-37-20/h1-9,11,19,22-23,31,33H,10,12-13H2,(H,30,36)/t19-,22+,23+,28-/m0/s1. The molecule has 0 aromatic heterocycles. The number of benzene rings is 3. The van der Waals surface area contributed by atoms with Crippen LogP contribution >= 0.6 is 11.6 Å². The van der Waals surface area contributed by atoms with E-state index in [1.54, 1.807) is 60.7 Å². The number of phenolic OH excluding ortho intramolecular Hbond substituents is 1. The summed E-state index contributed by atoms with van der Waals surface area (Å²) in [5.41, 5.74) is 1.14. The quantitative estimate of drug-likeness (QED) is 0.443. The lowest BCUT2D eigenvalue weighted by Crippen LogP contribution is -2.53. The fourth-order valence-corrected chi connectivity index (χ4v) is 6.51. The second-order valence-electron chi connectivity index (χ2n) is 10.00. The predicted octanol–water partition coefficient (Wildman–Crippen LogP) is 2.94. The highest BCUT2D eigenvalue weighted by Crippen LogP contribution is 2.54. The summed E-state index contributed by atoms with van der Waals surface area (Å²) in [5, 5.41) is 16.3. The van der Waals surface area contributed by atoms with E-state index in [0.717, 1.165) is 5.56 Å². The Labute approximate surface area is 222 Å². The van der Waals surface area contributed by atoms with Gasteiger partial charge in [0.15, 0.2) is 11.5 Å². The van der Waals surface area contributed by atoms with Gasteiger partial charge in [0.2, 0.25) is 24.5 Å². The minimum atomic E-state index is -1.44. The second-order valence-corrected chi connectivity index (χ2v) is 10.4. The van der Waals surface area contributed by atoms with Crippen LogP contribution in [0, 0.1) is 11.8 Å². The Balaban J connectivity index is 1.30. The third-order valence-corrected chi connectivity index (χ3v) is 8.28. The molecule has 4 aliphatic heterocycles. The van der Waals surface area contributed by atoms with Crippen molar-refractivity contribution < 1.29 is 29.0 Å². The molecule has 7 rings (SSSR count). The fraction of sp³-hybridized carbons (Fsp3) is 0.250. The maximum absolute atomic E-state index is 14.0. The van der Waals surface area contributed by atoms with Gasteiger partial charge in [-0.25, -0.2) is 0 Å². The molecule has 4 aliphatic rings. The number of nitrogens with one attached hydrogen (secondary N) is 2. The molecular formula is C28H22ClN3O6. The number of hydrogen-bond acceptors (Lipinski definition) is 7. The molecule has 0 aliphatic carbocycles. The number of ether oxygens (including phenoxy) is 2. The molecule has 0 unspecified atom stereocenters. The lowest BCUT2D eigenvalue weighted by molar-refractivity contribution is -0.143. The SMILES string of the molecule is O=C1[C@@H]2[C@H](Cc3ccc(O)cc3)N[C@]3(C(=O)Nc4c(Cl)cccc43)[C@H]2C(=O)N1Cc1ccc2c(c1)OCO2. The Hall–Kier alpha value is -4.08. The number of rotatable bonds is 4. The molecule has 3 aromatic carbocycles. The molecule has 4 atom stereocenters. The summed E-state index contributed by atoms with van der Waals surface area (Å²) in [5.74, 6) is -1.60. The average Bonchev–Trinajstić information content (AvgIpc) is 3.63. The molecule has 1 spiro atoms. The zero-order chi connectivity index (χ0) is 26.2. The van der Waals surface area contributed by atoms with Gasteiger partial charge in [-0.15, -0.1) is 0 Å². The van der Waals surface area contributed by atoms with E-state index in [9.17, 15) is 19.5 Å². The smallest absolute Gasteiger partial charge is 0.250 e. The van der Waals surface area contributed by atoms with Crippen LogP contribution in [-0.2, 0) is 32.9 Å². The highest BCUT2D eigenvalue weighted by molar-refractivity contribution is 6.35. The van der Waals surface area contributed by atoms with Crippen LogP contribution in [0.25, 0.3) is 0 Å². The van der Waals surface area contributed by atoms with E-state index in [0.29, 0.717) is 39.8 Å². The number of likely N-dealkylation sites (tertiary alicyclic amines) is 1. The Bertz CT molecular complexity index is 1530. The summed E-state index contributed by atoms with van der Waals surface area (Å²) in [4.78, 5) is 42.9. The Morgan fingerprint density at radius 3 is 2.55 bits per heavy atom. The van der Waals surface area contributed by atoms with E-state index in [1.807, 2.05) is 0 Å². The van der Waals surface area contributed by atoms with E-state index in [1.165, 1.54) is 4.90 Å². The normalized spacial score (nSPS) is 26.7. The number of hydrogen-bond donors (Lipinski definition) is 3. The largest absolute Gasteiger partial charge is 0.508 e. The van der Waals surface area contributed by atoms with Gasteiger partial charge in [0, 0.05) is 11.6 Å². The van der Waals surface area contributed by atoms with Crippen LogP contribution < -0.4 is 20.1 Å². The summed E-state index contributed by atoms with van der Waals surface area (Å²) in [6.07, 6.45) is 0.378. The van der Waals surface area contributed by atoms with Crippen LogP contribution in [0.5, 0.6) is 17.2 Å². The number of halogens is 1. The van der Waals surface area contributed by atoms with Gasteiger partial charge in [0.1, 0.15) is 11.3 Å². The number of para-hydroxylation sites is 1. The van der Waals surface area contributed by atoms with Crippen molar-refractivity contribution in [2.45, 2.75) is 24.5 Å². The number of carbonyl (C=O) groups is 3. The van der Waals surface area contributed by atoms with Gasteiger partial charge in [0.05, 0.1) is 29.1 Å². The summed E-state index contributed by atoms with van der Waals surface area (Å²) in [6, 6.07) is 16.6. The molecule has 0 radical (unpaired) electrons. The molecule has 3 aromatic rings. The zero-order valence-corrected chi connectivity index (χ0v) is 20.7. The van der Waals surface area contributed by atoms with Crippen molar-refractivity contribution in [1.82, 2.24) is 10.2 Å². The number of fused-ring (bicyclic) bond motifs is 5. The number of nitrogens with zero attached hydrogens (tertiary/aromatic N) is 1. The van der Waals surface area contributed by atoms with Crippen LogP contribution in [0.4, 0.5) is 5.69 Å². The third-order valence-electron chi connectivity index (χ3n) is 7.96. The zero-order valence-electron chi connectivity index (χ0n) is 19.9. The van der Waals surface area contributed by atoms with Gasteiger partial charge in [-0.2, -0.15) is 0 Å². The van der Waals surface area contributed by atoms with E-state index < -0.39 is 35.2 Å². The first-order valence-corrected chi connectivity index (χ1v) is 12.6. The molecule has 3 N–H and O–H groups in total. The van der Waals surface area contributed by atoms with Gasteiger partial charge in [-0.3, -0.25) is 24.6 Å². The van der Waals surface area contributed by atoms with Gasteiger partial charge < -0.3 is 19.9 Å². The highest BCUT2D eigenvalue weighted by Gasteiger charge is 2.70. The molecule has 0 bridgehead atoms. The number of imide groups is 1. The third kappa shape index (κ3) is 3.18. The minimum Gasteiger partial charge on any atom is -0.508 e. The predicted molar refractivity (Wildman–Crippen MR) is 136 cm³/mol. The van der Waals surface area contributed by atoms with Crippen molar-refractivity contribution in [3.8, 4) is 17.2 Å². The first kappa shape index (κ1) is 23.1. The van der Waals surface area contributed by atoms with Crippen molar-refractivity contribution in [1.29, 1.82) is 0 Å². The number of amides is 3. The fourth-order valence-electron chi connectivity index (χ4n) is 6.29. The van der Waals surface area contributed by atoms with Gasteiger partial charge in [-0.05, 0) is 47.9 Å². The highest BCUT2D eigenvalue weighted by atomic mass is 35.5. The van der Waals surface area contributed by atoms with E-state index >= 15 is 0 Å².